The molecule has 4 aromatic rings. The van der Waals surface area contributed by atoms with E-state index in [9.17, 15) is 4.79 Å². The normalized spacial score (nSPS) is 14.7. The fourth-order valence-electron chi connectivity index (χ4n) is 3.38. The summed E-state index contributed by atoms with van der Waals surface area (Å²) in [7, 11) is 0. The Morgan fingerprint density at radius 1 is 1.17 bits per heavy atom. The minimum Gasteiger partial charge on any atom is -0.463 e. The van der Waals surface area contributed by atoms with Gasteiger partial charge in [0.25, 0.3) is 0 Å². The second-order valence-corrected chi connectivity index (χ2v) is 7.71. The van der Waals surface area contributed by atoms with Gasteiger partial charge in [0.2, 0.25) is 5.91 Å². The number of furan rings is 1. The summed E-state index contributed by atoms with van der Waals surface area (Å²) in [4.78, 5) is 23.1. The van der Waals surface area contributed by atoms with Gasteiger partial charge in [0.15, 0.2) is 22.5 Å². The van der Waals surface area contributed by atoms with Crippen molar-refractivity contribution in [2.75, 3.05) is 23.3 Å². The molecule has 4 aromatic heterocycles. The van der Waals surface area contributed by atoms with Crippen molar-refractivity contribution in [3.05, 3.63) is 48.6 Å². The average Bonchev–Trinajstić information content (AvgIpc) is 3.56. The highest BCUT2D eigenvalue weighted by atomic mass is 32.1. The number of carbonyl (C=O) groups is 1. The van der Waals surface area contributed by atoms with Crippen LogP contribution < -0.4 is 10.2 Å². The lowest BCUT2D eigenvalue weighted by Gasteiger charge is -2.31. The smallest absolute Gasteiger partial charge is 0.229 e. The molecule has 1 aliphatic heterocycles. The Hall–Kier alpha value is -3.60. The molecule has 30 heavy (non-hydrogen) atoms. The summed E-state index contributed by atoms with van der Waals surface area (Å²) >= 11 is 1.39. The molecule has 10 nitrogen and oxygen atoms in total. The van der Waals surface area contributed by atoms with Crippen LogP contribution in [0.1, 0.15) is 12.8 Å². The van der Waals surface area contributed by atoms with Gasteiger partial charge in [0.1, 0.15) is 18.3 Å². The Balaban J connectivity index is 1.16. The van der Waals surface area contributed by atoms with Crippen LogP contribution in [-0.4, -0.2) is 48.9 Å². The van der Waals surface area contributed by atoms with E-state index in [0.29, 0.717) is 16.7 Å². The summed E-state index contributed by atoms with van der Waals surface area (Å²) in [5.41, 5.74) is 0.725. The molecule has 0 bridgehead atoms. The van der Waals surface area contributed by atoms with Crippen LogP contribution in [0, 0.1) is 5.92 Å². The van der Waals surface area contributed by atoms with Crippen molar-refractivity contribution in [2.24, 2.45) is 5.92 Å². The first-order valence-electron chi connectivity index (χ1n) is 9.50. The molecule has 5 heterocycles. The number of aromatic nitrogens is 6. The Kier molecular flexibility index (Phi) is 4.93. The predicted molar refractivity (Wildman–Crippen MR) is 110 cm³/mol. The van der Waals surface area contributed by atoms with Crippen LogP contribution in [0.4, 0.5) is 10.9 Å². The van der Waals surface area contributed by atoms with E-state index < -0.39 is 0 Å². The maximum absolute atomic E-state index is 12.7. The number of carbonyl (C=O) groups excluding carboxylic acids is 1. The van der Waals surface area contributed by atoms with Gasteiger partial charge in [-0.25, -0.2) is 14.6 Å². The molecule has 1 fully saturated rings. The second kappa shape index (κ2) is 8.03. The van der Waals surface area contributed by atoms with Crippen LogP contribution in [0.25, 0.3) is 17.3 Å². The van der Waals surface area contributed by atoms with E-state index in [4.69, 9.17) is 4.42 Å². The van der Waals surface area contributed by atoms with Crippen molar-refractivity contribution < 1.29 is 9.21 Å². The number of nitrogens with one attached hydrogen (secondary N) is 1. The molecule has 0 unspecified atom stereocenters. The maximum Gasteiger partial charge on any atom is 0.229 e. The molecular formula is C19H18N8O2S. The van der Waals surface area contributed by atoms with E-state index in [0.717, 1.165) is 37.4 Å². The van der Waals surface area contributed by atoms with E-state index in [1.54, 1.807) is 17.3 Å². The number of anilines is 2. The van der Waals surface area contributed by atoms with Crippen molar-refractivity contribution in [3.63, 3.8) is 0 Å². The number of hydrogen-bond donors (Lipinski definition) is 1. The van der Waals surface area contributed by atoms with Gasteiger partial charge in [0.05, 0.1) is 6.26 Å². The Morgan fingerprint density at radius 3 is 2.70 bits per heavy atom. The monoisotopic (exact) mass is 422 g/mol. The van der Waals surface area contributed by atoms with Gasteiger partial charge in [-0.2, -0.15) is 5.10 Å². The average molecular weight is 422 g/mol. The van der Waals surface area contributed by atoms with Crippen LogP contribution >= 0.6 is 11.3 Å². The van der Waals surface area contributed by atoms with Crippen molar-refractivity contribution in [1.82, 2.24) is 29.9 Å². The van der Waals surface area contributed by atoms with Gasteiger partial charge in [-0.1, -0.05) is 0 Å². The highest BCUT2D eigenvalue weighted by Crippen LogP contribution is 2.27. The lowest BCUT2D eigenvalue weighted by atomic mass is 9.96. The molecule has 11 heteroatoms. The lowest BCUT2D eigenvalue weighted by Crippen LogP contribution is -2.38. The molecule has 1 N–H and O–H groups in total. The SMILES string of the molecule is O=C(Nc1nc(-c2ccco2)cs1)C1CCN(c2ccc(-n3cncn3)nn2)CC1. The van der Waals surface area contributed by atoms with Crippen LogP contribution in [0.3, 0.4) is 0 Å². The Morgan fingerprint density at radius 2 is 2.00 bits per heavy atom. The topological polar surface area (TPSA) is 115 Å². The number of rotatable bonds is 5. The second-order valence-electron chi connectivity index (χ2n) is 6.86. The standard InChI is InChI=1S/C19H18N8O2S/c28-18(23-19-22-14(10-30-19)15-2-1-9-29-15)13-5-7-26(8-6-13)16-3-4-17(25-24-16)27-12-20-11-21-27/h1-4,9-13H,5-8H2,(H,22,23,28). The molecule has 5 rings (SSSR count). The molecule has 0 saturated carbocycles. The minimum atomic E-state index is -0.0559. The molecule has 0 spiro atoms. The third-order valence-corrected chi connectivity index (χ3v) is 5.75. The van der Waals surface area contributed by atoms with Crippen LogP contribution in [0.5, 0.6) is 0 Å². The van der Waals surface area contributed by atoms with Gasteiger partial charge in [0, 0.05) is 24.4 Å². The van der Waals surface area contributed by atoms with E-state index >= 15 is 0 Å². The molecule has 0 aliphatic carbocycles. The molecule has 0 radical (unpaired) electrons. The third-order valence-electron chi connectivity index (χ3n) is 4.99. The van der Waals surface area contributed by atoms with Crippen LogP contribution in [0.15, 0.2) is 53.0 Å². The molecule has 0 aromatic carbocycles. The summed E-state index contributed by atoms with van der Waals surface area (Å²) in [6.45, 7) is 1.48. The van der Waals surface area contributed by atoms with Crippen LogP contribution in [0.2, 0.25) is 0 Å². The number of hydrogen-bond acceptors (Lipinski definition) is 9. The minimum absolute atomic E-state index is 0.00242. The molecular weight excluding hydrogens is 404 g/mol. The van der Waals surface area contributed by atoms with E-state index in [1.807, 2.05) is 29.6 Å². The summed E-state index contributed by atoms with van der Waals surface area (Å²) in [6, 6.07) is 7.43. The summed E-state index contributed by atoms with van der Waals surface area (Å²) < 4.78 is 6.90. The summed E-state index contributed by atoms with van der Waals surface area (Å²) in [5.74, 6) is 2.04. The Labute approximate surface area is 175 Å². The van der Waals surface area contributed by atoms with Gasteiger partial charge in [-0.15, -0.1) is 21.5 Å². The van der Waals surface area contributed by atoms with E-state index in [1.165, 1.54) is 17.7 Å². The third kappa shape index (κ3) is 3.79. The van der Waals surface area contributed by atoms with E-state index in [-0.39, 0.29) is 11.8 Å². The zero-order valence-corrected chi connectivity index (χ0v) is 16.7. The van der Waals surface area contributed by atoms with Crippen molar-refractivity contribution in [3.8, 4) is 17.3 Å². The van der Waals surface area contributed by atoms with Crippen molar-refractivity contribution in [2.45, 2.75) is 12.8 Å². The van der Waals surface area contributed by atoms with Gasteiger partial charge >= 0.3 is 0 Å². The largest absolute Gasteiger partial charge is 0.463 e. The van der Waals surface area contributed by atoms with Crippen LogP contribution in [-0.2, 0) is 4.79 Å². The number of nitrogens with zero attached hydrogens (tertiary/aromatic N) is 7. The fraction of sp³-hybridized carbons (Fsp3) is 0.263. The predicted octanol–water partition coefficient (Wildman–Crippen LogP) is 2.63. The quantitative estimate of drug-likeness (QED) is 0.522. The highest BCUT2D eigenvalue weighted by molar-refractivity contribution is 7.14. The molecule has 1 aliphatic rings. The van der Waals surface area contributed by atoms with Crippen molar-refractivity contribution in [1.29, 1.82) is 0 Å². The highest BCUT2D eigenvalue weighted by Gasteiger charge is 2.26. The first kappa shape index (κ1) is 18.4. The number of amides is 1. The molecule has 0 atom stereocenters. The molecule has 1 amide bonds. The number of piperidine rings is 1. The van der Waals surface area contributed by atoms with Gasteiger partial charge < -0.3 is 14.6 Å². The number of thiazole rings is 1. The molecule has 1 saturated heterocycles. The maximum atomic E-state index is 12.7. The van der Waals surface area contributed by atoms with Gasteiger partial charge in [-0.3, -0.25) is 4.79 Å². The molecule has 152 valence electrons. The lowest BCUT2D eigenvalue weighted by molar-refractivity contribution is -0.120. The van der Waals surface area contributed by atoms with E-state index in [2.05, 4.69) is 35.5 Å². The first-order chi connectivity index (χ1) is 14.8. The zero-order chi connectivity index (χ0) is 20.3. The van der Waals surface area contributed by atoms with Crippen molar-refractivity contribution >= 4 is 28.2 Å². The van der Waals surface area contributed by atoms with Gasteiger partial charge in [-0.05, 0) is 37.1 Å². The summed E-state index contributed by atoms with van der Waals surface area (Å²) in [6.07, 6.45) is 6.12. The Bertz CT molecular complexity index is 1100. The summed E-state index contributed by atoms with van der Waals surface area (Å²) in [5, 5.41) is 17.9. The zero-order valence-electron chi connectivity index (χ0n) is 15.9. The fourth-order valence-corrected chi connectivity index (χ4v) is 4.09. The first-order valence-corrected chi connectivity index (χ1v) is 10.4.